The quantitative estimate of drug-likeness (QED) is 0.0515. The van der Waals surface area contributed by atoms with Crippen LogP contribution in [0.5, 0.6) is 34.5 Å². The monoisotopic (exact) mass is 776 g/mol. The van der Waals surface area contributed by atoms with Crippen LogP contribution in [-0.4, -0.2) is 67.7 Å². The zero-order valence-corrected chi connectivity index (χ0v) is 32.9. The molecule has 7 atom stereocenters. The summed E-state index contributed by atoms with van der Waals surface area (Å²) in [7, 11) is 3.13. The van der Waals surface area contributed by atoms with E-state index < -0.39 is 18.2 Å². The van der Waals surface area contributed by atoms with E-state index in [1.165, 1.54) is 18.2 Å². The number of rotatable bonds is 12. The lowest BCUT2D eigenvalue weighted by Gasteiger charge is -2.47. The van der Waals surface area contributed by atoms with Crippen LogP contribution in [0.15, 0.2) is 60.7 Å². The van der Waals surface area contributed by atoms with E-state index in [0.717, 1.165) is 47.3 Å². The summed E-state index contributed by atoms with van der Waals surface area (Å²) >= 11 is 0. The van der Waals surface area contributed by atoms with Crippen LogP contribution in [0.2, 0.25) is 0 Å². The number of hydrogen-bond acceptors (Lipinski definition) is 11. The molecule has 4 aromatic carbocycles. The number of aromatic hydroxyl groups is 1. The first-order valence-electron chi connectivity index (χ1n) is 20.1. The van der Waals surface area contributed by atoms with Crippen molar-refractivity contribution in [3.63, 3.8) is 0 Å². The highest BCUT2D eigenvalue weighted by molar-refractivity contribution is 5.93. The van der Waals surface area contributed by atoms with Crippen molar-refractivity contribution in [1.29, 1.82) is 0 Å². The molecule has 0 saturated carbocycles. The number of phenols is 1. The van der Waals surface area contributed by atoms with Crippen molar-refractivity contribution in [2.75, 3.05) is 52.6 Å². The average Bonchev–Trinajstić information content (AvgIpc) is 3.21. The molecule has 2 aliphatic heterocycles. The largest absolute Gasteiger partial charge is 0.502 e. The summed E-state index contributed by atoms with van der Waals surface area (Å²) < 4.78 is 30.5. The highest BCUT2D eigenvalue weighted by Gasteiger charge is 2.45. The van der Waals surface area contributed by atoms with Crippen molar-refractivity contribution in [2.45, 2.75) is 69.1 Å². The van der Waals surface area contributed by atoms with Crippen LogP contribution in [-0.2, 0) is 18.3 Å². The summed E-state index contributed by atoms with van der Waals surface area (Å²) in [5.41, 5.74) is 9.04. The Morgan fingerprint density at radius 1 is 0.947 bits per heavy atom. The van der Waals surface area contributed by atoms with Crippen LogP contribution >= 0.6 is 0 Å². The Labute approximate surface area is 333 Å². The number of benzene rings is 4. The molecule has 3 aliphatic carbocycles. The smallest absolute Gasteiger partial charge is 0.200 e. The molecule has 0 fully saturated rings. The number of allylic oxidation sites excluding steroid dienone is 2. The van der Waals surface area contributed by atoms with Gasteiger partial charge in [0.1, 0.15) is 24.0 Å². The molecule has 2 bridgehead atoms. The van der Waals surface area contributed by atoms with Gasteiger partial charge in [0.15, 0.2) is 17.7 Å². The fraction of sp³-hybridized carbons (Fsp3) is 0.435. The minimum absolute atomic E-state index is 0.0490. The lowest BCUT2D eigenvalue weighted by atomic mass is 9.57. The topological polar surface area (TPSA) is 151 Å². The van der Waals surface area contributed by atoms with Gasteiger partial charge in [0.05, 0.1) is 39.1 Å². The minimum atomic E-state index is -1.03. The van der Waals surface area contributed by atoms with Gasteiger partial charge in [-0.25, -0.2) is 0 Å². The van der Waals surface area contributed by atoms with Gasteiger partial charge in [0, 0.05) is 58.5 Å². The predicted octanol–water partition coefficient (Wildman–Crippen LogP) is 6.76. The lowest BCUT2D eigenvalue weighted by molar-refractivity contribution is 0.0874. The maximum absolute atomic E-state index is 12.4. The number of ether oxygens (including phenoxy) is 5. The zero-order chi connectivity index (χ0) is 39.6. The van der Waals surface area contributed by atoms with Crippen LogP contribution in [0.3, 0.4) is 0 Å². The molecule has 0 saturated heterocycles. The normalized spacial score (nSPS) is 25.2. The number of methoxy groups -OCH3 is 2. The van der Waals surface area contributed by atoms with E-state index in [9.17, 15) is 20.4 Å². The average molecular weight is 777 g/mol. The molecule has 0 unspecified atom stereocenters. The van der Waals surface area contributed by atoms with Crippen LogP contribution in [0.25, 0.3) is 11.1 Å². The van der Waals surface area contributed by atoms with E-state index in [4.69, 9.17) is 23.7 Å². The molecule has 11 heteroatoms. The second-order valence-electron chi connectivity index (χ2n) is 16.3. The maximum atomic E-state index is 12.4. The summed E-state index contributed by atoms with van der Waals surface area (Å²) in [5.74, 6) is 1.60. The minimum Gasteiger partial charge on any atom is -0.502 e. The van der Waals surface area contributed by atoms with Gasteiger partial charge in [0.2, 0.25) is 5.75 Å². The molecule has 0 aromatic heterocycles. The zero-order valence-electron chi connectivity index (χ0n) is 32.9. The SMILES string of the molecule is CCNCOc1cc(OC)c2c3c1[C@@H](O)Nc1cc4c(c(c1-3)CC2)[C@@H](O)[C@H](c1cc(OC)c(O)c(OC[C@H](CO)[C@@H]2c3ccccc3[C@@]3(C)CC=C[C@@H]2C3)c1)CO4. The first kappa shape index (κ1) is 37.6. The Morgan fingerprint density at radius 3 is 2.53 bits per heavy atom. The van der Waals surface area contributed by atoms with Gasteiger partial charge in [0.25, 0.3) is 0 Å². The summed E-state index contributed by atoms with van der Waals surface area (Å²) in [4.78, 5) is 0. The Morgan fingerprint density at radius 2 is 1.74 bits per heavy atom. The molecule has 57 heavy (non-hydrogen) atoms. The van der Waals surface area contributed by atoms with E-state index in [1.54, 1.807) is 19.2 Å². The van der Waals surface area contributed by atoms with Gasteiger partial charge < -0.3 is 49.4 Å². The Hall–Kier alpha value is -4.94. The van der Waals surface area contributed by atoms with Crippen molar-refractivity contribution in [3.8, 4) is 45.6 Å². The molecule has 9 rings (SSSR count). The van der Waals surface area contributed by atoms with Gasteiger partial charge in [-0.05, 0) is 83.9 Å². The molecule has 5 aliphatic rings. The van der Waals surface area contributed by atoms with Crippen LogP contribution in [0.4, 0.5) is 5.69 Å². The predicted molar refractivity (Wildman–Crippen MR) is 216 cm³/mol. The number of anilines is 1. The Kier molecular flexibility index (Phi) is 9.75. The molecule has 6 N–H and O–H groups in total. The van der Waals surface area contributed by atoms with Gasteiger partial charge >= 0.3 is 0 Å². The second-order valence-corrected chi connectivity index (χ2v) is 16.3. The van der Waals surface area contributed by atoms with Gasteiger partial charge in [-0.15, -0.1) is 0 Å². The van der Waals surface area contributed by atoms with E-state index >= 15 is 0 Å². The lowest BCUT2D eigenvalue weighted by Crippen LogP contribution is -2.40. The molecular formula is C46H52N2O9. The van der Waals surface area contributed by atoms with Crippen LogP contribution in [0.1, 0.15) is 89.8 Å². The van der Waals surface area contributed by atoms with Crippen molar-refractivity contribution in [2.24, 2.45) is 11.8 Å². The van der Waals surface area contributed by atoms with Gasteiger partial charge in [-0.3, -0.25) is 5.32 Å². The Bertz CT molecular complexity index is 2240. The van der Waals surface area contributed by atoms with E-state index in [-0.39, 0.29) is 67.0 Å². The van der Waals surface area contributed by atoms with Gasteiger partial charge in [-0.1, -0.05) is 50.3 Å². The number of hydrogen-bond donors (Lipinski definition) is 6. The highest BCUT2D eigenvalue weighted by Crippen LogP contribution is 2.58. The van der Waals surface area contributed by atoms with Crippen LogP contribution in [0, 0.1) is 11.8 Å². The van der Waals surface area contributed by atoms with Gasteiger partial charge in [-0.2, -0.15) is 0 Å². The number of aliphatic hydroxyl groups excluding tert-OH is 3. The fourth-order valence-electron chi connectivity index (χ4n) is 10.4. The van der Waals surface area contributed by atoms with E-state index in [0.29, 0.717) is 46.8 Å². The van der Waals surface area contributed by atoms with Crippen molar-refractivity contribution < 1.29 is 44.1 Å². The molecule has 0 amide bonds. The highest BCUT2D eigenvalue weighted by atomic mass is 16.5. The van der Waals surface area contributed by atoms with Crippen molar-refractivity contribution in [1.82, 2.24) is 5.32 Å². The fourth-order valence-corrected chi connectivity index (χ4v) is 10.4. The molecule has 0 spiro atoms. The second kappa shape index (κ2) is 14.8. The molecular weight excluding hydrogens is 725 g/mol. The number of nitrogens with one attached hydrogen (secondary N) is 2. The van der Waals surface area contributed by atoms with Crippen LogP contribution < -0.4 is 34.3 Å². The third-order valence-corrected chi connectivity index (χ3v) is 13.1. The third-order valence-electron chi connectivity index (χ3n) is 13.1. The number of aliphatic hydroxyl groups is 3. The van der Waals surface area contributed by atoms with Crippen molar-refractivity contribution in [3.05, 3.63) is 99.6 Å². The molecule has 11 nitrogen and oxygen atoms in total. The molecule has 4 aromatic rings. The number of fused-ring (bicyclic) bond motifs is 6. The maximum Gasteiger partial charge on any atom is 0.200 e. The third kappa shape index (κ3) is 6.09. The van der Waals surface area contributed by atoms with E-state index in [1.807, 2.05) is 19.1 Å². The molecule has 300 valence electrons. The summed E-state index contributed by atoms with van der Waals surface area (Å²) in [5, 5.41) is 52.5. The first-order chi connectivity index (χ1) is 27.7. The molecule has 0 radical (unpaired) electrons. The molecule has 2 heterocycles. The standard InChI is InChI=1S/C46H52N2O9/c1-5-47-23-57-35-18-33(53-3)28-12-13-29-39-32(48-45(52)42(35)41(28)39)17-34-40(29)43(50)30(22-56-34)25-15-36(54-4)44(51)37(16-25)55-21-26(20-49)38-24-9-8-14-46(2,19-24)31-11-7-6-10-27(31)38/h6-11,15-18,24,26,30,38,43,45,47-52H,5,12-14,19-23H2,1-4H3/t24-,26+,30+,38-,43+,45-,46+/m1/s1. The Balaban J connectivity index is 1.05. The summed E-state index contributed by atoms with van der Waals surface area (Å²) in [6.07, 6.45) is 5.82. The summed E-state index contributed by atoms with van der Waals surface area (Å²) in [6, 6.07) is 15.8. The number of phenolic OH excluding ortho intramolecular Hbond substituents is 1. The summed E-state index contributed by atoms with van der Waals surface area (Å²) in [6.45, 7) is 5.57. The van der Waals surface area contributed by atoms with Crippen molar-refractivity contribution >= 4 is 5.69 Å². The first-order valence-corrected chi connectivity index (χ1v) is 20.1. The van der Waals surface area contributed by atoms with E-state index in [2.05, 4.69) is 54.0 Å².